The van der Waals surface area contributed by atoms with E-state index in [4.69, 9.17) is 9.47 Å². The van der Waals surface area contributed by atoms with Gasteiger partial charge in [0.05, 0.1) is 0 Å². The van der Waals surface area contributed by atoms with Crippen LogP contribution in [0.1, 0.15) is 44.1 Å². The van der Waals surface area contributed by atoms with Gasteiger partial charge >= 0.3 is 0 Å². The topological polar surface area (TPSA) is 51.7 Å². The van der Waals surface area contributed by atoms with Gasteiger partial charge < -0.3 is 14.4 Å². The highest BCUT2D eigenvalue weighted by atomic mass is 16.5. The number of hydrogen-bond donors (Lipinski definition) is 0. The molecule has 2 saturated heterocycles. The molecule has 0 spiro atoms. The van der Waals surface area contributed by atoms with Crippen LogP contribution in [-0.2, 0) is 9.53 Å². The van der Waals surface area contributed by atoms with Crippen LogP contribution in [0.4, 0.5) is 0 Å². The summed E-state index contributed by atoms with van der Waals surface area (Å²) in [5, 5.41) is 0. The molecule has 2 aliphatic rings. The van der Waals surface area contributed by atoms with E-state index >= 15 is 0 Å². The summed E-state index contributed by atoms with van der Waals surface area (Å²) < 4.78 is 11.5. The predicted molar refractivity (Wildman–Crippen MR) is 92.0 cm³/mol. The molecular weight excluding hydrogens is 304 g/mol. The molecule has 3 rings (SSSR count). The molecule has 0 N–H and O–H groups in total. The van der Waals surface area contributed by atoms with Crippen LogP contribution in [0.25, 0.3) is 0 Å². The Morgan fingerprint density at radius 3 is 2.75 bits per heavy atom. The van der Waals surface area contributed by atoms with Gasteiger partial charge in [-0.25, -0.2) is 0 Å². The Labute approximate surface area is 144 Å². The van der Waals surface area contributed by atoms with E-state index in [2.05, 4.69) is 4.98 Å². The molecule has 24 heavy (non-hydrogen) atoms. The van der Waals surface area contributed by atoms with Gasteiger partial charge in [0, 0.05) is 63.5 Å². The summed E-state index contributed by atoms with van der Waals surface area (Å²) in [7, 11) is 0. The van der Waals surface area contributed by atoms with Gasteiger partial charge in [-0.05, 0) is 38.2 Å². The fraction of sp³-hybridized carbons (Fsp3) is 0.684. The van der Waals surface area contributed by atoms with E-state index in [0.717, 1.165) is 69.7 Å². The minimum atomic E-state index is 0.200. The number of amides is 1. The summed E-state index contributed by atoms with van der Waals surface area (Å²) in [5.41, 5.74) is 1.06. The van der Waals surface area contributed by atoms with Gasteiger partial charge in [-0.15, -0.1) is 0 Å². The first-order valence-electron chi connectivity index (χ1n) is 9.15. The number of nitrogens with zero attached hydrogens (tertiary/aromatic N) is 2. The molecule has 2 aliphatic heterocycles. The zero-order valence-electron chi connectivity index (χ0n) is 14.6. The molecule has 1 amide bonds. The van der Waals surface area contributed by atoms with Crippen molar-refractivity contribution in [1.29, 1.82) is 0 Å². The number of hydrogen-bond acceptors (Lipinski definition) is 4. The molecule has 1 aromatic rings. The summed E-state index contributed by atoms with van der Waals surface area (Å²) >= 11 is 0. The van der Waals surface area contributed by atoms with Crippen LogP contribution in [0, 0.1) is 12.8 Å². The van der Waals surface area contributed by atoms with Crippen molar-refractivity contribution in [2.75, 3.05) is 26.3 Å². The number of carbonyl (C=O) groups is 1. The molecule has 0 atom stereocenters. The smallest absolute Gasteiger partial charge is 0.222 e. The van der Waals surface area contributed by atoms with E-state index in [1.54, 1.807) is 6.20 Å². The minimum Gasteiger partial charge on any atom is -0.490 e. The Morgan fingerprint density at radius 2 is 2.04 bits per heavy atom. The quantitative estimate of drug-likeness (QED) is 0.832. The summed E-state index contributed by atoms with van der Waals surface area (Å²) in [6.07, 6.45) is 9.50. The lowest BCUT2D eigenvalue weighted by atomic mass is 9.94. The fourth-order valence-corrected chi connectivity index (χ4v) is 3.52. The van der Waals surface area contributed by atoms with Gasteiger partial charge in [0.1, 0.15) is 11.9 Å². The number of pyridine rings is 1. The van der Waals surface area contributed by atoms with Crippen LogP contribution >= 0.6 is 0 Å². The third-order valence-corrected chi connectivity index (χ3v) is 5.16. The molecule has 0 bridgehead atoms. The number of aromatic nitrogens is 1. The summed E-state index contributed by atoms with van der Waals surface area (Å²) in [6, 6.07) is 1.92. The van der Waals surface area contributed by atoms with Crippen LogP contribution in [-0.4, -0.2) is 48.2 Å². The van der Waals surface area contributed by atoms with Gasteiger partial charge in [-0.1, -0.05) is 0 Å². The van der Waals surface area contributed by atoms with Gasteiger partial charge in [-0.3, -0.25) is 9.78 Å². The molecule has 0 radical (unpaired) electrons. The lowest BCUT2D eigenvalue weighted by Gasteiger charge is -2.33. The van der Waals surface area contributed by atoms with E-state index in [-0.39, 0.29) is 6.10 Å². The minimum absolute atomic E-state index is 0.200. The second kappa shape index (κ2) is 8.47. The molecule has 132 valence electrons. The van der Waals surface area contributed by atoms with Crippen LogP contribution < -0.4 is 4.74 Å². The molecule has 0 aliphatic carbocycles. The lowest BCUT2D eigenvalue weighted by Crippen LogP contribution is -2.42. The first-order valence-corrected chi connectivity index (χ1v) is 9.15. The maximum absolute atomic E-state index is 12.4. The van der Waals surface area contributed by atoms with Crippen molar-refractivity contribution in [2.24, 2.45) is 5.92 Å². The number of likely N-dealkylation sites (tertiary alicyclic amines) is 1. The Hall–Kier alpha value is -1.62. The molecule has 3 heterocycles. The summed E-state index contributed by atoms with van der Waals surface area (Å²) in [6.45, 7) is 5.34. The van der Waals surface area contributed by atoms with Crippen molar-refractivity contribution in [3.63, 3.8) is 0 Å². The molecule has 0 unspecified atom stereocenters. The van der Waals surface area contributed by atoms with Crippen LogP contribution in [0.5, 0.6) is 5.75 Å². The van der Waals surface area contributed by atoms with Gasteiger partial charge in [0.15, 0.2) is 0 Å². The van der Waals surface area contributed by atoms with Crippen molar-refractivity contribution < 1.29 is 14.3 Å². The summed E-state index contributed by atoms with van der Waals surface area (Å²) in [5.74, 6) is 1.88. The van der Waals surface area contributed by atoms with Crippen molar-refractivity contribution in [3.05, 3.63) is 24.0 Å². The highest BCUT2D eigenvalue weighted by Crippen LogP contribution is 2.23. The number of carbonyl (C=O) groups excluding carboxylic acids is 1. The molecule has 0 aromatic carbocycles. The van der Waals surface area contributed by atoms with Crippen molar-refractivity contribution in [1.82, 2.24) is 9.88 Å². The third kappa shape index (κ3) is 4.69. The second-order valence-electron chi connectivity index (χ2n) is 6.93. The molecule has 0 saturated carbocycles. The Kier molecular flexibility index (Phi) is 6.07. The Morgan fingerprint density at radius 1 is 1.29 bits per heavy atom. The Balaban J connectivity index is 1.39. The summed E-state index contributed by atoms with van der Waals surface area (Å²) in [4.78, 5) is 18.5. The maximum atomic E-state index is 12.4. The highest BCUT2D eigenvalue weighted by molar-refractivity contribution is 5.76. The number of aryl methyl sites for hydroxylation is 1. The number of rotatable bonds is 5. The van der Waals surface area contributed by atoms with E-state index in [1.807, 2.05) is 24.1 Å². The van der Waals surface area contributed by atoms with Crippen molar-refractivity contribution in [3.8, 4) is 5.75 Å². The maximum Gasteiger partial charge on any atom is 0.222 e. The Bertz CT molecular complexity index is 535. The molecule has 2 fully saturated rings. The monoisotopic (exact) mass is 332 g/mol. The van der Waals surface area contributed by atoms with Crippen molar-refractivity contribution in [2.45, 2.75) is 51.6 Å². The average molecular weight is 332 g/mol. The van der Waals surface area contributed by atoms with Gasteiger partial charge in [0.25, 0.3) is 0 Å². The highest BCUT2D eigenvalue weighted by Gasteiger charge is 2.25. The largest absolute Gasteiger partial charge is 0.490 e. The van der Waals surface area contributed by atoms with Gasteiger partial charge in [-0.2, -0.15) is 0 Å². The number of piperidine rings is 1. The second-order valence-corrected chi connectivity index (χ2v) is 6.93. The van der Waals surface area contributed by atoms with Gasteiger partial charge in [0.2, 0.25) is 5.91 Å². The SMILES string of the molecule is Cc1cnccc1OC1CCN(C(=O)CCC2CCOCC2)CC1. The van der Waals surface area contributed by atoms with E-state index in [9.17, 15) is 4.79 Å². The van der Waals surface area contributed by atoms with E-state index in [0.29, 0.717) is 18.2 Å². The normalized spacial score (nSPS) is 20.1. The number of ether oxygens (including phenoxy) is 2. The lowest BCUT2D eigenvalue weighted by molar-refractivity contribution is -0.133. The van der Waals surface area contributed by atoms with Crippen LogP contribution in [0.3, 0.4) is 0 Å². The van der Waals surface area contributed by atoms with Crippen molar-refractivity contribution >= 4 is 5.91 Å². The fourth-order valence-electron chi connectivity index (χ4n) is 3.52. The molecular formula is C19H28N2O3. The average Bonchev–Trinajstić information content (AvgIpc) is 2.63. The van der Waals surface area contributed by atoms with Crippen LogP contribution in [0.15, 0.2) is 18.5 Å². The zero-order chi connectivity index (χ0) is 16.8. The molecule has 1 aromatic heterocycles. The zero-order valence-corrected chi connectivity index (χ0v) is 14.6. The molecule has 5 heteroatoms. The van der Waals surface area contributed by atoms with E-state index < -0.39 is 0 Å². The first-order chi connectivity index (χ1) is 11.7. The standard InChI is InChI=1S/C19H28N2O3/c1-15-14-20-9-4-18(15)24-17-5-10-21(11-6-17)19(22)3-2-16-7-12-23-13-8-16/h4,9,14,16-17H,2-3,5-8,10-13H2,1H3. The van der Waals surface area contributed by atoms with Crippen LogP contribution in [0.2, 0.25) is 0 Å². The predicted octanol–water partition coefficient (Wildman–Crippen LogP) is 2.97. The third-order valence-electron chi connectivity index (χ3n) is 5.16. The van der Waals surface area contributed by atoms with E-state index in [1.165, 1.54) is 0 Å². The first kappa shape index (κ1) is 17.2. The molecule has 5 nitrogen and oxygen atoms in total.